The van der Waals surface area contributed by atoms with Gasteiger partial charge in [0.05, 0.1) is 3.57 Å². The first-order valence-electron chi connectivity index (χ1n) is 7.63. The Balaban J connectivity index is 1.98. The van der Waals surface area contributed by atoms with Crippen molar-refractivity contribution in [3.8, 4) is 11.8 Å². The Labute approximate surface area is 165 Å². The zero-order chi connectivity index (χ0) is 18.2. The van der Waals surface area contributed by atoms with Gasteiger partial charge in [-0.1, -0.05) is 41.9 Å². The summed E-state index contributed by atoms with van der Waals surface area (Å²) in [6.07, 6.45) is 2.96. The average Bonchev–Trinajstić information content (AvgIpc) is 2.61. The van der Waals surface area contributed by atoms with Crippen LogP contribution in [0.1, 0.15) is 17.5 Å². The van der Waals surface area contributed by atoms with Gasteiger partial charge in [-0.05, 0) is 59.2 Å². The molecule has 6 heteroatoms. The van der Waals surface area contributed by atoms with E-state index < -0.39 is 5.91 Å². The van der Waals surface area contributed by atoms with Crippen molar-refractivity contribution in [3.05, 3.63) is 67.8 Å². The highest BCUT2D eigenvalue weighted by Gasteiger charge is 2.12. The van der Waals surface area contributed by atoms with Crippen LogP contribution in [0.5, 0.6) is 5.75 Å². The maximum Gasteiger partial charge on any atom is 0.261 e. The minimum Gasteiger partial charge on any atom is -0.506 e. The predicted octanol–water partition coefficient (Wildman–Crippen LogP) is 4.31. The number of hydrogen-bond acceptors (Lipinski definition) is 3. The highest BCUT2D eigenvalue weighted by Crippen LogP contribution is 2.30. The maximum absolute atomic E-state index is 12.2. The Kier molecular flexibility index (Phi) is 7.29. The standard InChI is InChI=1S/C19H16ClIN2O2/c20-16-10-14(18(24)17(21)11-16)9-15(12-22)19(25)23-8-4-7-13-5-2-1-3-6-13/h1-3,5-6,9-11,24H,4,7-8H2,(H,23,25)/b15-9-. The van der Waals surface area contributed by atoms with Crippen molar-refractivity contribution < 1.29 is 9.90 Å². The zero-order valence-corrected chi connectivity index (χ0v) is 16.2. The van der Waals surface area contributed by atoms with E-state index >= 15 is 0 Å². The number of rotatable bonds is 6. The van der Waals surface area contributed by atoms with Crippen LogP contribution >= 0.6 is 34.2 Å². The SMILES string of the molecule is N#C/C(=C/c1cc(Cl)cc(I)c1O)C(=O)NCCCc1ccccc1. The minimum atomic E-state index is -0.468. The number of phenols is 1. The number of carbonyl (C=O) groups is 1. The smallest absolute Gasteiger partial charge is 0.261 e. The van der Waals surface area contributed by atoms with Gasteiger partial charge in [0.15, 0.2) is 0 Å². The first-order chi connectivity index (χ1) is 12.0. The highest BCUT2D eigenvalue weighted by atomic mass is 127. The molecule has 0 radical (unpaired) electrons. The molecule has 0 unspecified atom stereocenters. The van der Waals surface area contributed by atoms with Gasteiger partial charge in [0, 0.05) is 17.1 Å². The molecule has 0 aromatic heterocycles. The fourth-order valence-electron chi connectivity index (χ4n) is 2.23. The third-order valence-electron chi connectivity index (χ3n) is 3.49. The molecule has 2 aromatic carbocycles. The fourth-order valence-corrected chi connectivity index (χ4v) is 3.29. The van der Waals surface area contributed by atoms with Gasteiger partial charge in [0.25, 0.3) is 5.91 Å². The summed E-state index contributed by atoms with van der Waals surface area (Å²) in [5.41, 5.74) is 1.46. The normalized spacial score (nSPS) is 11.0. The van der Waals surface area contributed by atoms with Gasteiger partial charge in [-0.3, -0.25) is 4.79 Å². The van der Waals surface area contributed by atoms with E-state index in [2.05, 4.69) is 5.32 Å². The third kappa shape index (κ3) is 5.76. The summed E-state index contributed by atoms with van der Waals surface area (Å²) >= 11 is 7.90. The molecule has 2 aromatic rings. The lowest BCUT2D eigenvalue weighted by atomic mass is 10.1. The summed E-state index contributed by atoms with van der Waals surface area (Å²) in [6.45, 7) is 0.464. The van der Waals surface area contributed by atoms with E-state index in [4.69, 9.17) is 11.6 Å². The van der Waals surface area contributed by atoms with Crippen molar-refractivity contribution >= 4 is 46.2 Å². The minimum absolute atomic E-state index is 0.00497. The Morgan fingerprint density at radius 1 is 1.32 bits per heavy atom. The number of aromatic hydroxyl groups is 1. The van der Waals surface area contributed by atoms with E-state index in [0.717, 1.165) is 12.8 Å². The highest BCUT2D eigenvalue weighted by molar-refractivity contribution is 14.1. The summed E-state index contributed by atoms with van der Waals surface area (Å²) < 4.78 is 0.553. The Hall–Kier alpha value is -2.04. The average molecular weight is 467 g/mol. The maximum atomic E-state index is 12.2. The number of aryl methyl sites for hydroxylation is 1. The second-order valence-electron chi connectivity index (χ2n) is 5.34. The molecular formula is C19H16ClIN2O2. The molecule has 2 N–H and O–H groups in total. The first-order valence-corrected chi connectivity index (χ1v) is 9.09. The second-order valence-corrected chi connectivity index (χ2v) is 6.94. The van der Waals surface area contributed by atoms with Gasteiger partial charge in [-0.25, -0.2) is 0 Å². The van der Waals surface area contributed by atoms with Crippen LogP contribution in [0, 0.1) is 14.9 Å². The van der Waals surface area contributed by atoms with E-state index in [1.54, 1.807) is 6.07 Å². The molecule has 0 saturated carbocycles. The number of carbonyl (C=O) groups excluding carboxylic acids is 1. The topological polar surface area (TPSA) is 73.1 Å². The monoisotopic (exact) mass is 466 g/mol. The van der Waals surface area contributed by atoms with Crippen LogP contribution < -0.4 is 5.32 Å². The van der Waals surface area contributed by atoms with Crippen molar-refractivity contribution in [1.29, 1.82) is 5.26 Å². The van der Waals surface area contributed by atoms with Crippen LogP contribution in [0.2, 0.25) is 5.02 Å². The Morgan fingerprint density at radius 2 is 2.04 bits per heavy atom. The van der Waals surface area contributed by atoms with E-state index in [1.807, 2.05) is 59.0 Å². The van der Waals surface area contributed by atoms with E-state index in [1.165, 1.54) is 17.7 Å². The molecule has 128 valence electrons. The van der Waals surface area contributed by atoms with Crippen LogP contribution in [0.25, 0.3) is 6.08 Å². The van der Waals surface area contributed by atoms with Crippen LogP contribution in [0.4, 0.5) is 0 Å². The summed E-state index contributed by atoms with van der Waals surface area (Å²) in [6, 6.07) is 15.0. The molecular weight excluding hydrogens is 451 g/mol. The van der Waals surface area contributed by atoms with Crippen molar-refractivity contribution in [2.45, 2.75) is 12.8 Å². The van der Waals surface area contributed by atoms with Crippen LogP contribution in [-0.2, 0) is 11.2 Å². The molecule has 0 aliphatic rings. The molecule has 0 spiro atoms. The van der Waals surface area contributed by atoms with E-state index in [-0.39, 0.29) is 11.3 Å². The molecule has 0 bridgehead atoms. The quantitative estimate of drug-likeness (QED) is 0.288. The number of amides is 1. The molecule has 25 heavy (non-hydrogen) atoms. The van der Waals surface area contributed by atoms with Crippen molar-refractivity contribution in [2.24, 2.45) is 0 Å². The molecule has 0 heterocycles. The summed E-state index contributed by atoms with van der Waals surface area (Å²) in [5, 5.41) is 22.4. The summed E-state index contributed by atoms with van der Waals surface area (Å²) in [5.74, 6) is -0.473. The molecule has 0 atom stereocenters. The number of hydrogen-bond donors (Lipinski definition) is 2. The number of halogens is 2. The van der Waals surface area contributed by atoms with Crippen LogP contribution in [0.3, 0.4) is 0 Å². The Bertz CT molecular complexity index is 829. The third-order valence-corrected chi connectivity index (χ3v) is 4.53. The van der Waals surface area contributed by atoms with Gasteiger partial charge < -0.3 is 10.4 Å². The van der Waals surface area contributed by atoms with Gasteiger partial charge >= 0.3 is 0 Å². The summed E-state index contributed by atoms with van der Waals surface area (Å²) in [7, 11) is 0. The van der Waals surface area contributed by atoms with Crippen molar-refractivity contribution in [1.82, 2.24) is 5.32 Å². The van der Waals surface area contributed by atoms with Crippen molar-refractivity contribution in [3.63, 3.8) is 0 Å². The number of nitriles is 1. The van der Waals surface area contributed by atoms with Crippen LogP contribution in [0.15, 0.2) is 48.0 Å². The molecule has 0 saturated heterocycles. The van der Waals surface area contributed by atoms with Crippen LogP contribution in [-0.4, -0.2) is 17.6 Å². The number of phenolic OH excluding ortho intramolecular Hbond substituents is 1. The number of nitrogens with one attached hydrogen (secondary N) is 1. The fraction of sp³-hybridized carbons (Fsp3) is 0.158. The Morgan fingerprint density at radius 3 is 2.72 bits per heavy atom. The number of benzene rings is 2. The number of nitrogens with zero attached hydrogens (tertiary/aromatic N) is 1. The molecule has 0 fully saturated rings. The van der Waals surface area contributed by atoms with Gasteiger partial charge in [-0.15, -0.1) is 0 Å². The van der Waals surface area contributed by atoms with Crippen molar-refractivity contribution in [2.75, 3.05) is 6.54 Å². The zero-order valence-electron chi connectivity index (χ0n) is 13.3. The molecule has 2 rings (SSSR count). The lowest BCUT2D eigenvalue weighted by Crippen LogP contribution is -2.25. The van der Waals surface area contributed by atoms with Gasteiger partial charge in [0.2, 0.25) is 0 Å². The van der Waals surface area contributed by atoms with E-state index in [0.29, 0.717) is 20.7 Å². The lowest BCUT2D eigenvalue weighted by Gasteiger charge is -2.06. The molecule has 4 nitrogen and oxygen atoms in total. The first kappa shape index (κ1) is 19.3. The summed E-state index contributed by atoms with van der Waals surface area (Å²) in [4.78, 5) is 12.2. The largest absolute Gasteiger partial charge is 0.506 e. The molecule has 0 aliphatic heterocycles. The van der Waals surface area contributed by atoms with Gasteiger partial charge in [0.1, 0.15) is 17.4 Å². The molecule has 1 amide bonds. The molecule has 0 aliphatic carbocycles. The lowest BCUT2D eigenvalue weighted by molar-refractivity contribution is -0.117. The second kappa shape index (κ2) is 9.44. The van der Waals surface area contributed by atoms with E-state index in [9.17, 15) is 15.2 Å². The predicted molar refractivity (Wildman–Crippen MR) is 107 cm³/mol. The van der Waals surface area contributed by atoms with Gasteiger partial charge in [-0.2, -0.15) is 5.26 Å².